The molecule has 1 aromatic carbocycles. The minimum absolute atomic E-state index is 0.0972. The van der Waals surface area contributed by atoms with Crippen LogP contribution in [0.2, 0.25) is 0 Å². The molecule has 0 aliphatic carbocycles. The molecule has 4 nitrogen and oxygen atoms in total. The maximum Gasteiger partial charge on any atom is 0.258 e. The molecule has 5 heteroatoms. The number of nitrogens with zero attached hydrogens (tertiary/aromatic N) is 1. The van der Waals surface area contributed by atoms with E-state index >= 15 is 0 Å². The Morgan fingerprint density at radius 1 is 1.13 bits per heavy atom. The Balaban J connectivity index is 2.42. The zero-order valence-corrected chi connectivity index (χ0v) is 7.61. The Labute approximate surface area is 84.8 Å². The molecule has 0 saturated carbocycles. The third-order valence-corrected chi connectivity index (χ3v) is 2.05. The molecule has 1 aromatic rings. The zero-order valence-electron chi connectivity index (χ0n) is 7.61. The number of rotatable bonds is 1. The van der Waals surface area contributed by atoms with Gasteiger partial charge in [0.1, 0.15) is 5.82 Å². The van der Waals surface area contributed by atoms with Crippen molar-refractivity contribution in [3.63, 3.8) is 0 Å². The first-order chi connectivity index (χ1) is 7.09. The average molecular weight is 206 g/mol. The monoisotopic (exact) mass is 206 g/mol. The molecule has 0 atom stereocenters. The lowest BCUT2D eigenvalue weighted by Gasteiger charge is -2.14. The second-order valence-electron chi connectivity index (χ2n) is 3.05. The van der Waals surface area contributed by atoms with E-state index in [1.165, 1.54) is 12.1 Å². The van der Waals surface area contributed by atoms with Gasteiger partial charge in [0, 0.05) is 12.2 Å². The summed E-state index contributed by atoms with van der Waals surface area (Å²) in [7, 11) is 0. The van der Waals surface area contributed by atoms with Crippen molar-refractivity contribution in [2.24, 2.45) is 0 Å². The average Bonchev–Trinajstić information content (AvgIpc) is 2.52. The molecule has 1 heterocycles. The van der Waals surface area contributed by atoms with Crippen LogP contribution in [0.1, 0.15) is 0 Å². The van der Waals surface area contributed by atoms with E-state index in [0.717, 1.165) is 23.1 Å². The van der Waals surface area contributed by atoms with Crippen LogP contribution in [-0.2, 0) is 9.59 Å². The Hall–Kier alpha value is -2.17. The second-order valence-corrected chi connectivity index (χ2v) is 3.05. The Morgan fingerprint density at radius 2 is 1.73 bits per heavy atom. The number of nitrogen functional groups attached to an aromatic ring is 1. The topological polar surface area (TPSA) is 63.4 Å². The fraction of sp³-hybridized carbons (Fsp3) is 0. The van der Waals surface area contributed by atoms with E-state index in [2.05, 4.69) is 0 Å². The summed E-state index contributed by atoms with van der Waals surface area (Å²) in [5.74, 6) is -1.48. The van der Waals surface area contributed by atoms with Crippen LogP contribution in [0.5, 0.6) is 0 Å². The van der Waals surface area contributed by atoms with Crippen LogP contribution in [-0.4, -0.2) is 11.8 Å². The first-order valence-electron chi connectivity index (χ1n) is 4.21. The molecule has 0 radical (unpaired) electrons. The molecule has 76 valence electrons. The Bertz CT molecular complexity index is 464. The van der Waals surface area contributed by atoms with Gasteiger partial charge >= 0.3 is 0 Å². The molecule has 0 fully saturated rings. The summed E-state index contributed by atoms with van der Waals surface area (Å²) >= 11 is 0. The maximum absolute atomic E-state index is 12.9. The highest BCUT2D eigenvalue weighted by Crippen LogP contribution is 2.23. The Morgan fingerprint density at radius 3 is 2.27 bits per heavy atom. The molecule has 2 N–H and O–H groups in total. The summed E-state index contributed by atoms with van der Waals surface area (Å²) < 4.78 is 12.9. The van der Waals surface area contributed by atoms with E-state index in [9.17, 15) is 14.0 Å². The summed E-state index contributed by atoms with van der Waals surface area (Å²) in [6.45, 7) is 0. The van der Waals surface area contributed by atoms with Gasteiger partial charge in [-0.25, -0.2) is 9.29 Å². The van der Waals surface area contributed by atoms with Crippen molar-refractivity contribution in [2.45, 2.75) is 0 Å². The molecule has 2 rings (SSSR count). The van der Waals surface area contributed by atoms with Gasteiger partial charge in [-0.2, -0.15) is 0 Å². The highest BCUT2D eigenvalue weighted by Gasteiger charge is 2.25. The molecule has 0 unspecified atom stereocenters. The molecule has 0 aromatic heterocycles. The standard InChI is InChI=1S/C10H7FN2O2/c11-7-2-1-6(5-8(7)12)13-9(14)3-4-10(13)15/h1-5H,12H2. The number of benzene rings is 1. The smallest absolute Gasteiger partial charge is 0.258 e. The van der Waals surface area contributed by atoms with Crippen molar-refractivity contribution in [2.75, 3.05) is 10.6 Å². The third-order valence-electron chi connectivity index (χ3n) is 2.05. The number of hydrogen-bond donors (Lipinski definition) is 1. The molecule has 2 amide bonds. The van der Waals surface area contributed by atoms with Crippen molar-refractivity contribution in [3.05, 3.63) is 36.2 Å². The van der Waals surface area contributed by atoms with Gasteiger partial charge in [-0.3, -0.25) is 9.59 Å². The summed E-state index contributed by atoms with van der Waals surface area (Å²) in [5.41, 5.74) is 5.51. The van der Waals surface area contributed by atoms with E-state index in [1.807, 2.05) is 0 Å². The maximum atomic E-state index is 12.9. The normalized spacial score (nSPS) is 15.1. The minimum Gasteiger partial charge on any atom is -0.396 e. The van der Waals surface area contributed by atoms with E-state index in [-0.39, 0.29) is 11.4 Å². The first-order valence-corrected chi connectivity index (χ1v) is 4.21. The summed E-state index contributed by atoms with van der Waals surface area (Å²) in [4.78, 5) is 23.5. The first kappa shape index (κ1) is 9.39. The van der Waals surface area contributed by atoms with E-state index in [0.29, 0.717) is 0 Å². The lowest BCUT2D eigenvalue weighted by atomic mass is 10.2. The van der Waals surface area contributed by atoms with Gasteiger partial charge in [0.2, 0.25) is 0 Å². The number of amides is 2. The van der Waals surface area contributed by atoms with Crippen molar-refractivity contribution in [1.82, 2.24) is 0 Å². The van der Waals surface area contributed by atoms with Gasteiger partial charge in [0.15, 0.2) is 0 Å². The second kappa shape index (κ2) is 3.20. The Kier molecular flexibility index (Phi) is 2.00. The molecule has 0 saturated heterocycles. The highest BCUT2D eigenvalue weighted by molar-refractivity contribution is 6.28. The van der Waals surface area contributed by atoms with Crippen LogP contribution in [0.3, 0.4) is 0 Å². The van der Waals surface area contributed by atoms with Crippen molar-refractivity contribution < 1.29 is 14.0 Å². The number of imide groups is 1. The van der Waals surface area contributed by atoms with Gasteiger partial charge in [-0.15, -0.1) is 0 Å². The lowest BCUT2D eigenvalue weighted by Crippen LogP contribution is -2.29. The molecule has 0 bridgehead atoms. The van der Waals surface area contributed by atoms with Gasteiger partial charge < -0.3 is 5.73 Å². The third kappa shape index (κ3) is 1.48. The number of hydrogen-bond acceptors (Lipinski definition) is 3. The van der Waals surface area contributed by atoms with Crippen LogP contribution >= 0.6 is 0 Å². The van der Waals surface area contributed by atoms with Gasteiger partial charge in [0.05, 0.1) is 11.4 Å². The van der Waals surface area contributed by atoms with Gasteiger partial charge in [-0.05, 0) is 18.2 Å². The summed E-state index contributed by atoms with van der Waals surface area (Å²) in [6, 6.07) is 3.69. The molecule has 15 heavy (non-hydrogen) atoms. The van der Waals surface area contributed by atoms with Crippen LogP contribution in [0, 0.1) is 5.82 Å². The fourth-order valence-corrected chi connectivity index (χ4v) is 1.32. The molecular formula is C10H7FN2O2. The molecule has 0 spiro atoms. The van der Waals surface area contributed by atoms with Crippen LogP contribution in [0.4, 0.5) is 15.8 Å². The van der Waals surface area contributed by atoms with Crippen molar-refractivity contribution in [3.8, 4) is 0 Å². The van der Waals surface area contributed by atoms with E-state index < -0.39 is 17.6 Å². The lowest BCUT2D eigenvalue weighted by molar-refractivity contribution is -0.119. The zero-order chi connectivity index (χ0) is 11.0. The summed E-state index contributed by atoms with van der Waals surface area (Å²) in [5, 5.41) is 0. The molecule has 1 aliphatic heterocycles. The predicted octanol–water partition coefficient (Wildman–Crippen LogP) is 0.837. The molecular weight excluding hydrogens is 199 g/mol. The highest BCUT2D eigenvalue weighted by atomic mass is 19.1. The number of nitrogens with two attached hydrogens (primary N) is 1. The van der Waals surface area contributed by atoms with Gasteiger partial charge in [0.25, 0.3) is 11.8 Å². The van der Waals surface area contributed by atoms with Crippen LogP contribution in [0.25, 0.3) is 0 Å². The van der Waals surface area contributed by atoms with E-state index in [4.69, 9.17) is 5.73 Å². The summed E-state index contributed by atoms with van der Waals surface area (Å²) in [6.07, 6.45) is 2.31. The van der Waals surface area contributed by atoms with Crippen LogP contribution < -0.4 is 10.6 Å². The van der Waals surface area contributed by atoms with Crippen molar-refractivity contribution >= 4 is 23.2 Å². The van der Waals surface area contributed by atoms with Gasteiger partial charge in [-0.1, -0.05) is 0 Å². The van der Waals surface area contributed by atoms with Crippen molar-refractivity contribution in [1.29, 1.82) is 0 Å². The fourth-order valence-electron chi connectivity index (χ4n) is 1.32. The SMILES string of the molecule is Nc1cc(N2C(=O)C=CC2=O)ccc1F. The number of halogens is 1. The quantitative estimate of drug-likeness (QED) is 0.547. The minimum atomic E-state index is -0.578. The number of carbonyl (C=O) groups excluding carboxylic acids is 2. The largest absolute Gasteiger partial charge is 0.396 e. The number of carbonyl (C=O) groups is 2. The number of anilines is 2. The van der Waals surface area contributed by atoms with Crippen LogP contribution in [0.15, 0.2) is 30.4 Å². The predicted molar refractivity (Wildman–Crippen MR) is 52.4 cm³/mol. The van der Waals surface area contributed by atoms with E-state index in [1.54, 1.807) is 0 Å². The molecule has 1 aliphatic rings.